The molecule has 0 saturated heterocycles. The van der Waals surface area contributed by atoms with Crippen molar-refractivity contribution in [3.05, 3.63) is 82.5 Å². The van der Waals surface area contributed by atoms with Crippen LogP contribution in [-0.2, 0) is 9.53 Å². The van der Waals surface area contributed by atoms with Gasteiger partial charge in [-0.25, -0.2) is 13.5 Å². The van der Waals surface area contributed by atoms with E-state index in [0.29, 0.717) is 11.3 Å². The zero-order valence-corrected chi connectivity index (χ0v) is 16.2. The van der Waals surface area contributed by atoms with Crippen molar-refractivity contribution in [2.45, 2.75) is 24.5 Å². The summed E-state index contributed by atoms with van der Waals surface area (Å²) >= 11 is 6.53. The van der Waals surface area contributed by atoms with E-state index in [9.17, 15) is 13.6 Å². The highest BCUT2D eigenvalue weighted by Gasteiger charge is 2.27. The second kappa shape index (κ2) is 7.89. The van der Waals surface area contributed by atoms with Gasteiger partial charge in [0.1, 0.15) is 17.7 Å². The number of Topliss-reactive ketones (excluding diaryl/α,β-unsaturated/α-hetero) is 1. The number of hydrogen-bond donors (Lipinski definition) is 0. The number of nitrogens with zero attached hydrogens (tertiary/aromatic N) is 2. The number of hydrogen-bond acceptors (Lipinski definition) is 3. The molecule has 0 saturated carbocycles. The standard InChI is InChI=1S/C22H17ClF2N2O2/c1-13(28)22(14-2-4-16(24)5-3-14)29-21-10-15-12-26-27(20(15)11-19(21)23)18-8-6-17(25)7-9-18/h2-12,19,21-22H,1H3. The van der Waals surface area contributed by atoms with Gasteiger partial charge in [0, 0.05) is 5.22 Å². The van der Waals surface area contributed by atoms with Gasteiger partial charge in [-0.1, -0.05) is 12.1 Å². The summed E-state index contributed by atoms with van der Waals surface area (Å²) in [5.41, 5.74) is 1.26. The highest BCUT2D eigenvalue weighted by Crippen LogP contribution is 2.25. The number of ether oxygens (including phenoxy) is 1. The van der Waals surface area contributed by atoms with Crippen molar-refractivity contribution in [3.63, 3.8) is 0 Å². The molecule has 7 heteroatoms. The first-order chi connectivity index (χ1) is 13.9. The third-order valence-electron chi connectivity index (χ3n) is 4.72. The lowest BCUT2D eigenvalue weighted by atomic mass is 10.0. The molecule has 0 aliphatic heterocycles. The molecule has 148 valence electrons. The molecule has 3 atom stereocenters. The molecule has 1 aromatic heterocycles. The van der Waals surface area contributed by atoms with E-state index in [1.807, 2.05) is 0 Å². The maximum atomic E-state index is 13.2. The molecule has 0 N–H and O–H groups in total. The number of carbonyl (C=O) groups is 1. The van der Waals surface area contributed by atoms with E-state index in [-0.39, 0.29) is 17.4 Å². The fourth-order valence-electron chi connectivity index (χ4n) is 3.29. The molecule has 1 heterocycles. The number of alkyl halides is 1. The Morgan fingerprint density at radius 1 is 1.07 bits per heavy atom. The minimum Gasteiger partial charge on any atom is -0.356 e. The minimum absolute atomic E-state index is 0.207. The summed E-state index contributed by atoms with van der Waals surface area (Å²) in [5, 5.41) is 5.35. The van der Waals surface area contributed by atoms with E-state index < -0.39 is 17.6 Å². The number of ketones is 1. The van der Waals surface area contributed by atoms with Gasteiger partial charge in [0.25, 0.3) is 0 Å². The zero-order chi connectivity index (χ0) is 20.5. The lowest BCUT2D eigenvalue weighted by molar-refractivity contribution is -0.130. The van der Waals surface area contributed by atoms with Crippen LogP contribution in [0.15, 0.2) is 54.7 Å². The van der Waals surface area contributed by atoms with Crippen LogP contribution in [-0.4, -0.2) is 27.0 Å². The van der Waals surface area contributed by atoms with Crippen LogP contribution in [0.2, 0.25) is 0 Å². The summed E-state index contributed by atoms with van der Waals surface area (Å²) in [6.45, 7) is 1.42. The molecular weight excluding hydrogens is 398 g/mol. The zero-order valence-electron chi connectivity index (χ0n) is 15.4. The Balaban J connectivity index is 1.66. The average Bonchev–Trinajstić information content (AvgIpc) is 3.10. The Labute approximate surface area is 170 Å². The maximum absolute atomic E-state index is 13.2. The third-order valence-corrected chi connectivity index (χ3v) is 5.09. The Morgan fingerprint density at radius 2 is 1.69 bits per heavy atom. The minimum atomic E-state index is -0.861. The van der Waals surface area contributed by atoms with Gasteiger partial charge >= 0.3 is 0 Å². The largest absolute Gasteiger partial charge is 0.356 e. The molecule has 0 radical (unpaired) electrons. The van der Waals surface area contributed by atoms with Crippen LogP contribution in [0.25, 0.3) is 17.8 Å². The first-order valence-electron chi connectivity index (χ1n) is 9.01. The van der Waals surface area contributed by atoms with Crippen LogP contribution >= 0.6 is 11.6 Å². The van der Waals surface area contributed by atoms with Crippen LogP contribution in [0.4, 0.5) is 8.78 Å². The molecular formula is C22H17ClF2N2O2. The first-order valence-corrected chi connectivity index (χ1v) is 9.45. The molecule has 0 amide bonds. The summed E-state index contributed by atoms with van der Waals surface area (Å²) in [6.07, 6.45) is 3.82. The second-order valence-electron chi connectivity index (χ2n) is 6.79. The van der Waals surface area contributed by atoms with Crippen molar-refractivity contribution in [1.29, 1.82) is 0 Å². The van der Waals surface area contributed by atoms with Crippen LogP contribution in [0.3, 0.4) is 0 Å². The van der Waals surface area contributed by atoms with Gasteiger partial charge in [0.2, 0.25) is 0 Å². The number of rotatable bonds is 5. The summed E-state index contributed by atoms with van der Waals surface area (Å²) in [6, 6.07) is 11.6. The van der Waals surface area contributed by atoms with E-state index >= 15 is 0 Å². The molecule has 1 aliphatic carbocycles. The number of aromatic nitrogens is 2. The van der Waals surface area contributed by atoms with Gasteiger partial charge in [-0.15, -0.1) is 11.6 Å². The number of fused-ring (bicyclic) bond motifs is 1. The van der Waals surface area contributed by atoms with Crippen molar-refractivity contribution < 1.29 is 18.3 Å². The van der Waals surface area contributed by atoms with Crippen molar-refractivity contribution in [2.24, 2.45) is 0 Å². The Hall–Kier alpha value is -2.83. The summed E-state index contributed by atoms with van der Waals surface area (Å²) in [4.78, 5) is 12.1. The normalized spacial score (nSPS) is 19.0. The predicted octanol–water partition coefficient (Wildman–Crippen LogP) is 3.05. The lowest BCUT2D eigenvalue weighted by Gasteiger charge is -2.25. The third kappa shape index (κ3) is 3.99. The van der Waals surface area contributed by atoms with Crippen molar-refractivity contribution >= 4 is 29.5 Å². The van der Waals surface area contributed by atoms with E-state index in [1.54, 1.807) is 35.2 Å². The molecule has 4 nitrogen and oxygen atoms in total. The van der Waals surface area contributed by atoms with Gasteiger partial charge < -0.3 is 4.74 Å². The molecule has 4 rings (SSSR count). The predicted molar refractivity (Wildman–Crippen MR) is 106 cm³/mol. The maximum Gasteiger partial charge on any atom is 0.163 e. The van der Waals surface area contributed by atoms with Gasteiger partial charge in [-0.05, 0) is 61.0 Å². The van der Waals surface area contributed by atoms with E-state index in [1.165, 1.54) is 43.3 Å². The van der Waals surface area contributed by atoms with Crippen LogP contribution in [0, 0.1) is 11.6 Å². The first kappa shape index (κ1) is 19.5. The van der Waals surface area contributed by atoms with E-state index in [2.05, 4.69) is 5.10 Å². The smallest absolute Gasteiger partial charge is 0.163 e. The summed E-state index contributed by atoms with van der Waals surface area (Å²) < 4.78 is 34.1. The number of benzene rings is 2. The Bertz CT molecular complexity index is 1160. The van der Waals surface area contributed by atoms with E-state index in [0.717, 1.165) is 10.6 Å². The summed E-state index contributed by atoms with van der Waals surface area (Å²) in [7, 11) is 0. The molecule has 1 aliphatic rings. The molecule has 29 heavy (non-hydrogen) atoms. The van der Waals surface area contributed by atoms with Gasteiger partial charge in [-0.3, -0.25) is 4.79 Å². The Kier molecular flexibility index (Phi) is 5.30. The number of halogens is 3. The van der Waals surface area contributed by atoms with Crippen molar-refractivity contribution in [1.82, 2.24) is 9.78 Å². The fraction of sp³-hybridized carbons (Fsp3) is 0.182. The lowest BCUT2D eigenvalue weighted by Crippen LogP contribution is -2.39. The molecule has 3 unspecified atom stereocenters. The van der Waals surface area contributed by atoms with Crippen LogP contribution in [0.5, 0.6) is 0 Å². The van der Waals surface area contributed by atoms with Gasteiger partial charge in [-0.2, -0.15) is 5.10 Å². The fourth-order valence-corrected chi connectivity index (χ4v) is 3.54. The monoisotopic (exact) mass is 414 g/mol. The number of carbonyl (C=O) groups excluding carboxylic acids is 1. The van der Waals surface area contributed by atoms with Crippen molar-refractivity contribution in [2.75, 3.05) is 0 Å². The molecule has 0 bridgehead atoms. The second-order valence-corrected chi connectivity index (χ2v) is 7.30. The molecule has 3 aromatic rings. The highest BCUT2D eigenvalue weighted by atomic mass is 35.5. The average molecular weight is 415 g/mol. The van der Waals surface area contributed by atoms with Gasteiger partial charge in [0.15, 0.2) is 5.78 Å². The Morgan fingerprint density at radius 3 is 2.31 bits per heavy atom. The van der Waals surface area contributed by atoms with Gasteiger partial charge in [0.05, 0.1) is 28.7 Å². The SMILES string of the molecule is CC(=O)C(OC1C=c2cnn(-c3ccc(F)cc3)c2=CC1Cl)c1ccc(F)cc1. The quantitative estimate of drug-likeness (QED) is 0.603. The highest BCUT2D eigenvalue weighted by molar-refractivity contribution is 6.25. The topological polar surface area (TPSA) is 44.1 Å². The molecule has 2 aromatic carbocycles. The van der Waals surface area contributed by atoms with Crippen LogP contribution < -0.4 is 10.6 Å². The molecule has 0 fully saturated rings. The van der Waals surface area contributed by atoms with E-state index in [4.69, 9.17) is 16.3 Å². The molecule has 0 spiro atoms. The van der Waals surface area contributed by atoms with Crippen LogP contribution in [0.1, 0.15) is 18.6 Å². The van der Waals surface area contributed by atoms with Crippen molar-refractivity contribution in [3.8, 4) is 5.69 Å². The summed E-state index contributed by atoms with van der Waals surface area (Å²) in [5.74, 6) is -0.923.